The van der Waals surface area contributed by atoms with E-state index < -0.39 is 9.39 Å². The van der Waals surface area contributed by atoms with Crippen LogP contribution in [0.5, 0.6) is 0 Å². The fourth-order valence-corrected chi connectivity index (χ4v) is 0.667. The minimum atomic E-state index is -0.849. The molecule has 56 valence electrons. The molecule has 0 fully saturated rings. The van der Waals surface area contributed by atoms with E-state index in [0.29, 0.717) is 6.42 Å². The Hall–Kier alpha value is -0.310. The number of carboxylic acids is 1. The van der Waals surface area contributed by atoms with Gasteiger partial charge in [0.15, 0.2) is 0 Å². The first kappa shape index (κ1) is 9.69. The number of hydrogen-bond donors (Lipinski definition) is 1. The molecule has 0 heterocycles. The molecule has 0 saturated carbocycles. The fourth-order valence-electron chi connectivity index (χ4n) is 0.398. The number of nitriles is 1. The Balaban J connectivity index is 3.71. The molecule has 0 aromatic rings. The highest BCUT2D eigenvalue weighted by atomic mass is 127. The van der Waals surface area contributed by atoms with Gasteiger partial charge >= 0.3 is 5.97 Å². The maximum Gasteiger partial charge on any atom is 0.303 e. The summed E-state index contributed by atoms with van der Waals surface area (Å²) in [5.41, 5.74) is 0. The van der Waals surface area contributed by atoms with E-state index in [2.05, 4.69) is 0 Å². The lowest BCUT2D eigenvalue weighted by atomic mass is 10.1. The molecule has 10 heavy (non-hydrogen) atoms. The average molecular weight is 253 g/mol. The van der Waals surface area contributed by atoms with Crippen molar-refractivity contribution in [2.24, 2.45) is 0 Å². The number of carboxylic acid groups (broad SMARTS) is 1. The fraction of sp³-hybridized carbons (Fsp3) is 0.667. The Morgan fingerprint density at radius 2 is 2.40 bits per heavy atom. The number of carbonyl (C=O) groups is 1. The zero-order chi connectivity index (χ0) is 8.20. The molecule has 0 aromatic carbocycles. The standard InChI is InChI=1S/C6H8INO2/c1-6(7,4-8)3-2-5(9)10/h2-3H2,1H3,(H,9,10). The summed E-state index contributed by atoms with van der Waals surface area (Å²) < 4.78 is -0.532. The second-order valence-corrected chi connectivity index (χ2v) is 4.58. The molecule has 0 aromatic heterocycles. The Morgan fingerprint density at radius 3 is 2.70 bits per heavy atom. The van der Waals surface area contributed by atoms with Gasteiger partial charge in [-0.3, -0.25) is 4.79 Å². The van der Waals surface area contributed by atoms with Gasteiger partial charge in [-0.1, -0.05) is 22.6 Å². The lowest BCUT2D eigenvalue weighted by Gasteiger charge is -2.09. The van der Waals surface area contributed by atoms with Crippen LogP contribution in [0.25, 0.3) is 0 Å². The average Bonchev–Trinajstić information content (AvgIpc) is 1.85. The Bertz CT molecular complexity index is 171. The second-order valence-electron chi connectivity index (χ2n) is 2.20. The summed E-state index contributed by atoms with van der Waals surface area (Å²) in [7, 11) is 0. The number of halogens is 1. The van der Waals surface area contributed by atoms with Crippen molar-refractivity contribution in [1.29, 1.82) is 5.26 Å². The summed E-state index contributed by atoms with van der Waals surface area (Å²) in [5.74, 6) is -0.849. The largest absolute Gasteiger partial charge is 0.481 e. The van der Waals surface area contributed by atoms with Gasteiger partial charge in [0.25, 0.3) is 0 Å². The molecule has 3 nitrogen and oxygen atoms in total. The molecule has 0 aliphatic carbocycles. The quantitative estimate of drug-likeness (QED) is 0.613. The monoisotopic (exact) mass is 253 g/mol. The van der Waals surface area contributed by atoms with E-state index in [1.807, 2.05) is 28.7 Å². The van der Waals surface area contributed by atoms with E-state index >= 15 is 0 Å². The maximum atomic E-state index is 10.0. The van der Waals surface area contributed by atoms with Crippen LogP contribution < -0.4 is 0 Å². The van der Waals surface area contributed by atoms with Gasteiger partial charge in [0, 0.05) is 6.42 Å². The van der Waals surface area contributed by atoms with Gasteiger partial charge in [-0.15, -0.1) is 0 Å². The third kappa shape index (κ3) is 4.56. The normalized spacial score (nSPS) is 15.3. The van der Waals surface area contributed by atoms with E-state index in [1.165, 1.54) is 0 Å². The second kappa shape index (κ2) is 3.76. The SMILES string of the molecule is CC(I)(C#N)CCC(=O)O. The summed E-state index contributed by atoms with van der Waals surface area (Å²) in [6, 6.07) is 2.02. The van der Waals surface area contributed by atoms with E-state index in [1.54, 1.807) is 6.92 Å². The van der Waals surface area contributed by atoms with Crippen LogP contribution in [-0.4, -0.2) is 14.5 Å². The van der Waals surface area contributed by atoms with Crippen molar-refractivity contribution in [2.45, 2.75) is 23.2 Å². The van der Waals surface area contributed by atoms with Crippen molar-refractivity contribution in [2.75, 3.05) is 0 Å². The third-order valence-electron chi connectivity index (χ3n) is 1.04. The minimum absolute atomic E-state index is 0.0625. The molecule has 0 radical (unpaired) electrons. The molecule has 1 atom stereocenters. The number of hydrogen-bond acceptors (Lipinski definition) is 2. The molecule has 0 bridgehead atoms. The van der Waals surface area contributed by atoms with E-state index in [-0.39, 0.29) is 6.42 Å². The van der Waals surface area contributed by atoms with Crippen LogP contribution >= 0.6 is 22.6 Å². The van der Waals surface area contributed by atoms with E-state index in [9.17, 15) is 4.79 Å². The third-order valence-corrected chi connectivity index (χ3v) is 1.82. The molecular weight excluding hydrogens is 245 g/mol. The lowest BCUT2D eigenvalue weighted by Crippen LogP contribution is -2.13. The molecule has 0 amide bonds. The predicted molar refractivity (Wildman–Crippen MR) is 44.9 cm³/mol. The zero-order valence-corrected chi connectivity index (χ0v) is 7.75. The van der Waals surface area contributed by atoms with Crippen LogP contribution in [-0.2, 0) is 4.79 Å². The summed E-state index contributed by atoms with van der Waals surface area (Å²) in [4.78, 5) is 10.0. The first-order chi connectivity index (χ1) is 4.48. The van der Waals surface area contributed by atoms with Crippen molar-refractivity contribution in [1.82, 2.24) is 0 Å². The molecular formula is C6H8INO2. The van der Waals surface area contributed by atoms with Gasteiger partial charge in [-0.25, -0.2) is 0 Å². The number of aliphatic carboxylic acids is 1. The molecule has 0 aliphatic rings. The summed E-state index contributed by atoms with van der Waals surface area (Å²) in [5, 5.41) is 16.7. The number of alkyl halides is 1. The topological polar surface area (TPSA) is 61.1 Å². The molecule has 4 heteroatoms. The molecule has 0 aliphatic heterocycles. The van der Waals surface area contributed by atoms with Crippen LogP contribution in [0.1, 0.15) is 19.8 Å². The van der Waals surface area contributed by atoms with E-state index in [0.717, 1.165) is 0 Å². The van der Waals surface area contributed by atoms with Crippen molar-refractivity contribution in [3.8, 4) is 6.07 Å². The minimum Gasteiger partial charge on any atom is -0.481 e. The van der Waals surface area contributed by atoms with Gasteiger partial charge in [0.05, 0.1) is 6.07 Å². The Morgan fingerprint density at radius 1 is 1.90 bits per heavy atom. The van der Waals surface area contributed by atoms with Crippen LogP contribution in [0.15, 0.2) is 0 Å². The highest BCUT2D eigenvalue weighted by Crippen LogP contribution is 2.22. The van der Waals surface area contributed by atoms with Crippen molar-refractivity contribution >= 4 is 28.6 Å². The van der Waals surface area contributed by atoms with Crippen LogP contribution in [0.3, 0.4) is 0 Å². The van der Waals surface area contributed by atoms with E-state index in [4.69, 9.17) is 10.4 Å². The smallest absolute Gasteiger partial charge is 0.303 e. The van der Waals surface area contributed by atoms with Crippen molar-refractivity contribution in [3.63, 3.8) is 0 Å². The van der Waals surface area contributed by atoms with Crippen molar-refractivity contribution in [3.05, 3.63) is 0 Å². The molecule has 1 unspecified atom stereocenters. The van der Waals surface area contributed by atoms with Gasteiger partial charge in [-0.05, 0) is 13.3 Å². The highest BCUT2D eigenvalue weighted by Gasteiger charge is 2.19. The van der Waals surface area contributed by atoms with Gasteiger partial charge < -0.3 is 5.11 Å². The van der Waals surface area contributed by atoms with Gasteiger partial charge in [-0.2, -0.15) is 5.26 Å². The first-order valence-electron chi connectivity index (χ1n) is 2.80. The van der Waals surface area contributed by atoms with Crippen LogP contribution in [0.4, 0.5) is 0 Å². The van der Waals surface area contributed by atoms with Crippen molar-refractivity contribution < 1.29 is 9.90 Å². The van der Waals surface area contributed by atoms with Crippen LogP contribution in [0.2, 0.25) is 0 Å². The summed E-state index contributed by atoms with van der Waals surface area (Å²) >= 11 is 1.95. The number of rotatable bonds is 3. The molecule has 0 saturated heterocycles. The molecule has 0 spiro atoms. The maximum absolute atomic E-state index is 10.0. The molecule has 1 N–H and O–H groups in total. The first-order valence-corrected chi connectivity index (χ1v) is 3.88. The summed E-state index contributed by atoms with van der Waals surface area (Å²) in [6.07, 6.45) is 0.465. The number of nitrogens with zero attached hydrogens (tertiary/aromatic N) is 1. The highest BCUT2D eigenvalue weighted by molar-refractivity contribution is 14.1. The Labute approximate surface area is 73.2 Å². The summed E-state index contributed by atoms with van der Waals surface area (Å²) in [6.45, 7) is 1.72. The van der Waals surface area contributed by atoms with Crippen LogP contribution in [0, 0.1) is 11.3 Å². The van der Waals surface area contributed by atoms with Gasteiger partial charge in [0.2, 0.25) is 0 Å². The zero-order valence-electron chi connectivity index (χ0n) is 5.59. The Kier molecular flexibility index (Phi) is 3.64. The lowest BCUT2D eigenvalue weighted by molar-refractivity contribution is -0.137. The molecule has 0 rings (SSSR count). The predicted octanol–water partition coefficient (Wildman–Crippen LogP) is 1.57. The van der Waals surface area contributed by atoms with Gasteiger partial charge in [0.1, 0.15) is 3.42 Å².